The van der Waals surface area contributed by atoms with E-state index in [0.29, 0.717) is 13.0 Å². The maximum absolute atomic E-state index is 12.9. The molecule has 0 saturated carbocycles. The average Bonchev–Trinajstić information content (AvgIpc) is 2.94. The third-order valence-electron chi connectivity index (χ3n) is 4.92. The summed E-state index contributed by atoms with van der Waals surface area (Å²) >= 11 is 0. The van der Waals surface area contributed by atoms with E-state index >= 15 is 0 Å². The van der Waals surface area contributed by atoms with Crippen LogP contribution in [0.5, 0.6) is 0 Å². The van der Waals surface area contributed by atoms with E-state index in [1.54, 1.807) is 20.8 Å². The minimum Gasteiger partial charge on any atom is -0.784 e. The lowest BCUT2D eigenvalue weighted by Crippen LogP contribution is -2.49. The topological polar surface area (TPSA) is 93.2 Å². The van der Waals surface area contributed by atoms with Gasteiger partial charge in [-0.05, 0) is 41.0 Å². The Bertz CT molecular complexity index is 581. The van der Waals surface area contributed by atoms with Crippen LogP contribution in [0.3, 0.4) is 0 Å². The lowest BCUT2D eigenvalue weighted by molar-refractivity contribution is -0.192. The molecule has 140 valence electrons. The summed E-state index contributed by atoms with van der Waals surface area (Å²) in [6, 6.07) is 0. The van der Waals surface area contributed by atoms with Crippen molar-refractivity contribution >= 4 is 17.7 Å². The molecule has 8 heteroatoms. The summed E-state index contributed by atoms with van der Waals surface area (Å²) in [6.07, 6.45) is 2.85. The quantitative estimate of drug-likeness (QED) is 0.524. The summed E-state index contributed by atoms with van der Waals surface area (Å²) in [6.45, 7) is 9.35. The Morgan fingerprint density at radius 2 is 1.84 bits per heavy atom. The second-order valence-corrected chi connectivity index (χ2v) is 7.54. The largest absolute Gasteiger partial charge is 0.784 e. The fourth-order valence-corrected chi connectivity index (χ4v) is 3.52. The molecule has 0 spiro atoms. The molecule has 0 aromatic heterocycles. The van der Waals surface area contributed by atoms with Gasteiger partial charge in [0.1, 0.15) is 0 Å². The number of amides is 3. The Kier molecular flexibility index (Phi) is 5.36. The van der Waals surface area contributed by atoms with Crippen molar-refractivity contribution in [3.63, 3.8) is 0 Å². The molecule has 2 aliphatic heterocycles. The van der Waals surface area contributed by atoms with E-state index in [9.17, 15) is 19.6 Å². The minimum absolute atomic E-state index is 0.0242. The number of carbonyl (C=O) groups excluding carboxylic acids is 3. The van der Waals surface area contributed by atoms with Gasteiger partial charge < -0.3 is 10.3 Å². The molecule has 0 aromatic carbocycles. The molecule has 0 radical (unpaired) electrons. The molecule has 1 saturated heterocycles. The summed E-state index contributed by atoms with van der Waals surface area (Å²) in [5.41, 5.74) is -1.45. The Balaban J connectivity index is 1.97. The van der Waals surface area contributed by atoms with E-state index in [0.717, 1.165) is 9.96 Å². The molecule has 0 aromatic rings. The monoisotopic (exact) mass is 352 g/mol. The van der Waals surface area contributed by atoms with Crippen LogP contribution in [-0.4, -0.2) is 63.5 Å². The summed E-state index contributed by atoms with van der Waals surface area (Å²) < 4.78 is 0. The van der Waals surface area contributed by atoms with Crippen molar-refractivity contribution in [1.82, 2.24) is 15.0 Å². The van der Waals surface area contributed by atoms with Crippen molar-refractivity contribution < 1.29 is 19.2 Å². The smallest absolute Gasteiger partial charge is 0.253 e. The van der Waals surface area contributed by atoms with Crippen molar-refractivity contribution in [2.45, 2.75) is 52.1 Å². The number of hydrogen-bond acceptors (Lipinski definition) is 6. The predicted molar refractivity (Wildman–Crippen MR) is 90.7 cm³/mol. The highest BCUT2D eigenvalue weighted by Gasteiger charge is 2.50. The van der Waals surface area contributed by atoms with Crippen LogP contribution in [0.15, 0.2) is 12.2 Å². The van der Waals surface area contributed by atoms with Gasteiger partial charge >= 0.3 is 0 Å². The predicted octanol–water partition coefficient (Wildman–Crippen LogP) is 1.07. The first-order chi connectivity index (χ1) is 11.5. The maximum Gasteiger partial charge on any atom is 0.253 e. The van der Waals surface area contributed by atoms with Crippen LogP contribution in [0.2, 0.25) is 0 Å². The first-order valence-electron chi connectivity index (χ1n) is 8.47. The zero-order chi connectivity index (χ0) is 19.0. The molecular weight excluding hydrogens is 326 g/mol. The van der Waals surface area contributed by atoms with Crippen molar-refractivity contribution in [3.05, 3.63) is 17.4 Å². The highest BCUT2D eigenvalue weighted by Crippen LogP contribution is 2.44. The van der Waals surface area contributed by atoms with Gasteiger partial charge in [-0.25, -0.2) is 5.06 Å². The number of nitrogens with zero attached hydrogens (tertiary/aromatic N) is 3. The van der Waals surface area contributed by atoms with E-state index in [1.807, 2.05) is 13.8 Å². The van der Waals surface area contributed by atoms with Crippen LogP contribution in [0, 0.1) is 11.1 Å². The molecule has 2 rings (SSSR count). The third-order valence-corrected chi connectivity index (χ3v) is 4.92. The summed E-state index contributed by atoms with van der Waals surface area (Å²) in [7, 11) is 0. The first kappa shape index (κ1) is 19.6. The van der Waals surface area contributed by atoms with Crippen LogP contribution < -0.4 is 0 Å². The van der Waals surface area contributed by atoms with Crippen LogP contribution >= 0.6 is 0 Å². The molecule has 3 amide bonds. The summed E-state index contributed by atoms with van der Waals surface area (Å²) in [5.74, 6) is -1.51. The molecule has 1 atom stereocenters. The molecule has 2 heterocycles. The molecule has 0 aliphatic carbocycles. The first-order valence-corrected chi connectivity index (χ1v) is 8.47. The highest BCUT2D eigenvalue weighted by atomic mass is 16.7. The molecule has 0 N–H and O–H groups in total. The molecule has 1 fully saturated rings. The van der Waals surface area contributed by atoms with E-state index in [4.69, 9.17) is 4.84 Å². The summed E-state index contributed by atoms with van der Waals surface area (Å²) in [4.78, 5) is 42.4. The number of rotatable bonds is 6. The second kappa shape index (κ2) is 6.86. The molecule has 25 heavy (non-hydrogen) atoms. The fraction of sp³-hybridized carbons (Fsp3) is 0.706. The van der Waals surface area contributed by atoms with Gasteiger partial charge in [0.25, 0.3) is 17.7 Å². The van der Waals surface area contributed by atoms with Gasteiger partial charge in [0.2, 0.25) is 0 Å². The van der Waals surface area contributed by atoms with Crippen LogP contribution in [-0.2, 0) is 19.2 Å². The van der Waals surface area contributed by atoms with Crippen molar-refractivity contribution in [1.29, 1.82) is 0 Å². The van der Waals surface area contributed by atoms with Gasteiger partial charge in [0, 0.05) is 29.8 Å². The lowest BCUT2D eigenvalue weighted by Gasteiger charge is -2.47. The van der Waals surface area contributed by atoms with Gasteiger partial charge in [0.15, 0.2) is 0 Å². The Morgan fingerprint density at radius 3 is 2.28 bits per heavy atom. The Hall–Kier alpha value is -1.77. The highest BCUT2D eigenvalue weighted by molar-refractivity contribution is 6.12. The SMILES string of the molecule is CCN(OCCN1C(=O)C=CC1=O)C(=O)C1CC(C)(C)N([O-])C1(C)C. The minimum atomic E-state index is -0.831. The molecule has 0 bridgehead atoms. The number of hydroxylamine groups is 4. The van der Waals surface area contributed by atoms with Crippen LogP contribution in [0.4, 0.5) is 0 Å². The van der Waals surface area contributed by atoms with E-state index in [-0.39, 0.29) is 30.9 Å². The zero-order valence-corrected chi connectivity index (χ0v) is 15.4. The summed E-state index contributed by atoms with van der Waals surface area (Å²) in [5, 5.41) is 14.7. The molecule has 1 unspecified atom stereocenters. The lowest BCUT2D eigenvalue weighted by atomic mass is 9.86. The van der Waals surface area contributed by atoms with Gasteiger partial charge in [-0.3, -0.25) is 24.1 Å². The third kappa shape index (κ3) is 3.61. The second-order valence-electron chi connectivity index (χ2n) is 7.54. The zero-order valence-electron chi connectivity index (χ0n) is 15.4. The molecule has 8 nitrogen and oxygen atoms in total. The van der Waals surface area contributed by atoms with Crippen molar-refractivity contribution in [3.8, 4) is 0 Å². The van der Waals surface area contributed by atoms with Crippen LogP contribution in [0.25, 0.3) is 0 Å². The van der Waals surface area contributed by atoms with E-state index < -0.39 is 17.0 Å². The van der Waals surface area contributed by atoms with Crippen LogP contribution in [0.1, 0.15) is 41.0 Å². The Morgan fingerprint density at radius 1 is 1.28 bits per heavy atom. The maximum atomic E-state index is 12.9. The number of imide groups is 1. The van der Waals surface area contributed by atoms with Gasteiger partial charge in [0.05, 0.1) is 19.1 Å². The van der Waals surface area contributed by atoms with Crippen molar-refractivity contribution in [2.75, 3.05) is 19.7 Å². The molecule has 2 aliphatic rings. The fourth-order valence-electron chi connectivity index (χ4n) is 3.52. The average molecular weight is 352 g/mol. The number of carbonyl (C=O) groups is 3. The van der Waals surface area contributed by atoms with E-state index in [1.165, 1.54) is 17.2 Å². The standard InChI is InChI=1S/C17H26N3O5/c1-6-19(25-10-9-18-13(21)7-8-14(18)22)15(23)12-11-16(2,3)20(24)17(12,4)5/h7-8,12H,6,9-11H2,1-5H3/q-1. The van der Waals surface area contributed by atoms with Gasteiger partial charge in [-0.15, -0.1) is 0 Å². The molecular formula is C17H26N3O5-. The number of hydrogen-bond donors (Lipinski definition) is 0. The van der Waals surface area contributed by atoms with Crippen molar-refractivity contribution in [2.24, 2.45) is 5.92 Å². The van der Waals surface area contributed by atoms with Gasteiger partial charge in [-0.2, -0.15) is 0 Å². The normalized spacial score (nSPS) is 25.0. The van der Waals surface area contributed by atoms with E-state index in [2.05, 4.69) is 0 Å². The Labute approximate surface area is 147 Å². The van der Waals surface area contributed by atoms with Gasteiger partial charge in [-0.1, -0.05) is 0 Å².